The molecule has 76 valence electrons. The summed E-state index contributed by atoms with van der Waals surface area (Å²) in [7, 11) is 0. The number of rotatable bonds is 7. The van der Waals surface area contributed by atoms with E-state index in [2.05, 4.69) is 6.58 Å². The first kappa shape index (κ1) is 12.2. The molecule has 0 heterocycles. The predicted octanol–water partition coefficient (Wildman–Crippen LogP) is 1.66. The molecule has 3 nitrogen and oxygen atoms in total. The number of carbonyl (C=O) groups excluding carboxylic acids is 1. The Morgan fingerprint density at radius 1 is 1.54 bits per heavy atom. The van der Waals surface area contributed by atoms with Crippen LogP contribution in [0, 0.1) is 0 Å². The summed E-state index contributed by atoms with van der Waals surface area (Å²) in [5, 5.41) is 8.49. The van der Waals surface area contributed by atoms with Crippen molar-refractivity contribution in [2.45, 2.75) is 38.7 Å². The highest BCUT2D eigenvalue weighted by Gasteiger charge is 2.05. The SMILES string of the molecule is C=CC(C)OC(=O)CCCCCO. The fraction of sp³-hybridized carbons (Fsp3) is 0.700. The van der Waals surface area contributed by atoms with Crippen molar-refractivity contribution in [3.63, 3.8) is 0 Å². The molecule has 1 atom stereocenters. The van der Waals surface area contributed by atoms with Crippen LogP contribution in [0.2, 0.25) is 0 Å². The summed E-state index contributed by atoms with van der Waals surface area (Å²) in [6.45, 7) is 5.48. The van der Waals surface area contributed by atoms with E-state index < -0.39 is 0 Å². The molecule has 0 bridgehead atoms. The van der Waals surface area contributed by atoms with E-state index in [1.807, 2.05) is 0 Å². The number of aliphatic hydroxyl groups excluding tert-OH is 1. The summed E-state index contributed by atoms with van der Waals surface area (Å²) in [6, 6.07) is 0. The largest absolute Gasteiger partial charge is 0.458 e. The Bertz CT molecular complexity index is 154. The maximum atomic E-state index is 11.0. The molecule has 0 aliphatic heterocycles. The van der Waals surface area contributed by atoms with Gasteiger partial charge in [-0.15, -0.1) is 0 Å². The van der Waals surface area contributed by atoms with Crippen molar-refractivity contribution < 1.29 is 14.6 Å². The van der Waals surface area contributed by atoms with E-state index in [0.717, 1.165) is 19.3 Å². The van der Waals surface area contributed by atoms with Crippen molar-refractivity contribution in [1.82, 2.24) is 0 Å². The van der Waals surface area contributed by atoms with Crippen molar-refractivity contribution in [3.05, 3.63) is 12.7 Å². The van der Waals surface area contributed by atoms with Crippen LogP contribution in [-0.2, 0) is 9.53 Å². The van der Waals surface area contributed by atoms with Crippen LogP contribution in [0.3, 0.4) is 0 Å². The van der Waals surface area contributed by atoms with Gasteiger partial charge in [-0.05, 0) is 19.8 Å². The van der Waals surface area contributed by atoms with Crippen LogP contribution in [0.25, 0.3) is 0 Å². The molecule has 3 heteroatoms. The quantitative estimate of drug-likeness (QED) is 0.373. The summed E-state index contributed by atoms with van der Waals surface area (Å²) < 4.78 is 4.96. The third-order valence-electron chi connectivity index (χ3n) is 1.69. The fourth-order valence-corrected chi connectivity index (χ4v) is 0.872. The molecule has 0 fully saturated rings. The number of hydrogen-bond donors (Lipinski definition) is 1. The second kappa shape index (κ2) is 7.80. The Morgan fingerprint density at radius 3 is 2.77 bits per heavy atom. The van der Waals surface area contributed by atoms with Crippen LogP contribution in [0.4, 0.5) is 0 Å². The van der Waals surface area contributed by atoms with Crippen molar-refractivity contribution in [1.29, 1.82) is 0 Å². The van der Waals surface area contributed by atoms with Gasteiger partial charge in [-0.3, -0.25) is 4.79 Å². The van der Waals surface area contributed by atoms with Crippen LogP contribution in [-0.4, -0.2) is 23.8 Å². The number of aliphatic hydroxyl groups is 1. The highest BCUT2D eigenvalue weighted by atomic mass is 16.5. The van der Waals surface area contributed by atoms with Crippen LogP contribution < -0.4 is 0 Å². The number of ether oxygens (including phenoxy) is 1. The molecule has 0 spiro atoms. The molecule has 0 amide bonds. The molecular weight excluding hydrogens is 168 g/mol. The molecule has 1 N–H and O–H groups in total. The fourth-order valence-electron chi connectivity index (χ4n) is 0.872. The van der Waals surface area contributed by atoms with E-state index in [4.69, 9.17) is 9.84 Å². The summed E-state index contributed by atoms with van der Waals surface area (Å²) in [5.41, 5.74) is 0. The molecule has 0 aromatic rings. The van der Waals surface area contributed by atoms with Gasteiger partial charge < -0.3 is 9.84 Å². The van der Waals surface area contributed by atoms with Gasteiger partial charge in [0.25, 0.3) is 0 Å². The Morgan fingerprint density at radius 2 is 2.23 bits per heavy atom. The maximum Gasteiger partial charge on any atom is 0.306 e. The van der Waals surface area contributed by atoms with E-state index in [0.29, 0.717) is 6.42 Å². The standard InChI is InChI=1S/C10H18O3/c1-3-9(2)13-10(12)7-5-4-6-8-11/h3,9,11H,1,4-8H2,2H3. The Labute approximate surface area is 79.4 Å². The Kier molecular flexibility index (Phi) is 7.30. The van der Waals surface area contributed by atoms with Gasteiger partial charge in [0.05, 0.1) is 0 Å². The van der Waals surface area contributed by atoms with Gasteiger partial charge >= 0.3 is 5.97 Å². The van der Waals surface area contributed by atoms with Gasteiger partial charge in [-0.2, -0.15) is 0 Å². The molecule has 0 saturated carbocycles. The zero-order chi connectivity index (χ0) is 10.1. The minimum Gasteiger partial charge on any atom is -0.458 e. The topological polar surface area (TPSA) is 46.5 Å². The Hall–Kier alpha value is -0.830. The number of hydrogen-bond acceptors (Lipinski definition) is 3. The lowest BCUT2D eigenvalue weighted by Gasteiger charge is -2.07. The maximum absolute atomic E-state index is 11.0. The third kappa shape index (κ3) is 7.53. The normalized spacial score (nSPS) is 12.2. The predicted molar refractivity (Wildman–Crippen MR) is 51.3 cm³/mol. The smallest absolute Gasteiger partial charge is 0.306 e. The number of esters is 1. The van der Waals surface area contributed by atoms with Crippen LogP contribution in [0.1, 0.15) is 32.6 Å². The highest BCUT2D eigenvalue weighted by molar-refractivity contribution is 5.69. The van der Waals surface area contributed by atoms with Gasteiger partial charge in [0.2, 0.25) is 0 Å². The van der Waals surface area contributed by atoms with Crippen molar-refractivity contribution in [2.24, 2.45) is 0 Å². The lowest BCUT2D eigenvalue weighted by atomic mass is 10.2. The first-order valence-corrected chi connectivity index (χ1v) is 4.63. The van der Waals surface area contributed by atoms with E-state index in [1.54, 1.807) is 13.0 Å². The molecule has 0 aliphatic carbocycles. The van der Waals surface area contributed by atoms with Gasteiger partial charge in [-0.1, -0.05) is 19.1 Å². The highest BCUT2D eigenvalue weighted by Crippen LogP contribution is 2.02. The van der Waals surface area contributed by atoms with E-state index in [-0.39, 0.29) is 18.7 Å². The molecule has 0 radical (unpaired) electrons. The van der Waals surface area contributed by atoms with E-state index >= 15 is 0 Å². The van der Waals surface area contributed by atoms with Crippen LogP contribution >= 0.6 is 0 Å². The van der Waals surface area contributed by atoms with E-state index in [1.165, 1.54) is 0 Å². The average Bonchev–Trinajstić information content (AvgIpc) is 2.12. The first-order chi connectivity index (χ1) is 6.20. The van der Waals surface area contributed by atoms with E-state index in [9.17, 15) is 4.79 Å². The van der Waals surface area contributed by atoms with Crippen molar-refractivity contribution in [2.75, 3.05) is 6.61 Å². The molecule has 0 aromatic carbocycles. The third-order valence-corrected chi connectivity index (χ3v) is 1.69. The van der Waals surface area contributed by atoms with Gasteiger partial charge in [-0.25, -0.2) is 0 Å². The molecule has 0 aromatic heterocycles. The summed E-state index contributed by atoms with van der Waals surface area (Å²) in [4.78, 5) is 11.0. The Balaban J connectivity index is 3.35. The lowest BCUT2D eigenvalue weighted by molar-refractivity contribution is -0.146. The first-order valence-electron chi connectivity index (χ1n) is 4.63. The molecule has 0 aliphatic rings. The minimum atomic E-state index is -0.203. The zero-order valence-electron chi connectivity index (χ0n) is 8.16. The lowest BCUT2D eigenvalue weighted by Crippen LogP contribution is -2.11. The second-order valence-electron chi connectivity index (χ2n) is 2.96. The average molecular weight is 186 g/mol. The summed E-state index contributed by atoms with van der Waals surface area (Å²) >= 11 is 0. The van der Waals surface area contributed by atoms with Gasteiger partial charge in [0.1, 0.15) is 6.10 Å². The summed E-state index contributed by atoms with van der Waals surface area (Å²) in [6.07, 6.45) is 4.22. The molecule has 0 rings (SSSR count). The van der Waals surface area contributed by atoms with Gasteiger partial charge in [0.15, 0.2) is 0 Å². The molecular formula is C10H18O3. The van der Waals surface area contributed by atoms with Crippen molar-refractivity contribution >= 4 is 5.97 Å². The zero-order valence-corrected chi connectivity index (χ0v) is 8.16. The van der Waals surface area contributed by atoms with Crippen LogP contribution in [0.5, 0.6) is 0 Å². The van der Waals surface area contributed by atoms with Crippen molar-refractivity contribution in [3.8, 4) is 0 Å². The second-order valence-corrected chi connectivity index (χ2v) is 2.96. The molecule has 13 heavy (non-hydrogen) atoms. The van der Waals surface area contributed by atoms with Crippen LogP contribution in [0.15, 0.2) is 12.7 Å². The minimum absolute atomic E-state index is 0.190. The number of unbranched alkanes of at least 4 members (excludes halogenated alkanes) is 2. The molecule has 1 unspecified atom stereocenters. The van der Waals surface area contributed by atoms with Gasteiger partial charge in [0, 0.05) is 13.0 Å². The summed E-state index contributed by atoms with van der Waals surface area (Å²) in [5.74, 6) is -0.190. The molecule has 0 saturated heterocycles. The monoisotopic (exact) mass is 186 g/mol. The number of carbonyl (C=O) groups is 1.